The van der Waals surface area contributed by atoms with E-state index in [4.69, 9.17) is 5.11 Å². The fraction of sp³-hybridized carbons (Fsp3) is 0.250. The van der Waals surface area contributed by atoms with Gasteiger partial charge in [-0.25, -0.2) is 4.68 Å². The van der Waals surface area contributed by atoms with E-state index >= 15 is 0 Å². The summed E-state index contributed by atoms with van der Waals surface area (Å²) in [5.41, 5.74) is 1.24. The molecule has 0 aliphatic carbocycles. The van der Waals surface area contributed by atoms with E-state index in [1.807, 2.05) is 0 Å². The molecule has 21 heavy (non-hydrogen) atoms. The van der Waals surface area contributed by atoms with E-state index in [-0.39, 0.29) is 17.9 Å². The Morgan fingerprint density at radius 1 is 1.33 bits per heavy atom. The van der Waals surface area contributed by atoms with Crippen molar-refractivity contribution >= 4 is 5.97 Å². The number of aromatic nitrogens is 3. The highest BCUT2D eigenvalue weighted by Crippen LogP contribution is 2.24. The number of nitrogens with zero attached hydrogens (tertiary/aromatic N) is 3. The molecule has 1 aromatic carbocycles. The highest BCUT2D eigenvalue weighted by molar-refractivity contribution is 5.69. The summed E-state index contributed by atoms with van der Waals surface area (Å²) in [5.74, 6) is -1.39. The van der Waals surface area contributed by atoms with Crippen molar-refractivity contribution in [2.45, 2.75) is 19.7 Å². The van der Waals surface area contributed by atoms with Gasteiger partial charge in [0.25, 0.3) is 0 Å². The highest BCUT2D eigenvalue weighted by Gasteiger charge is 2.31. The van der Waals surface area contributed by atoms with E-state index in [9.17, 15) is 18.0 Å². The zero-order chi connectivity index (χ0) is 15.6. The van der Waals surface area contributed by atoms with Crippen LogP contribution in [0.25, 0.3) is 5.69 Å². The summed E-state index contributed by atoms with van der Waals surface area (Å²) < 4.78 is 41.2. The molecule has 1 heterocycles. The number of benzene rings is 1. The third kappa shape index (κ3) is 3.71. The van der Waals surface area contributed by atoms with Crippen molar-refractivity contribution in [3.05, 3.63) is 35.7 Å². The minimum atomic E-state index is -4.75. The Bertz CT molecular complexity index is 650. The fourth-order valence-electron chi connectivity index (χ4n) is 1.70. The first-order valence-electron chi connectivity index (χ1n) is 5.75. The van der Waals surface area contributed by atoms with Crippen LogP contribution in [-0.2, 0) is 11.2 Å². The van der Waals surface area contributed by atoms with Gasteiger partial charge in [0.2, 0.25) is 0 Å². The van der Waals surface area contributed by atoms with Crippen molar-refractivity contribution in [1.29, 1.82) is 0 Å². The van der Waals surface area contributed by atoms with Gasteiger partial charge in [-0.2, -0.15) is 0 Å². The summed E-state index contributed by atoms with van der Waals surface area (Å²) in [6.45, 7) is 1.62. The molecule has 0 aliphatic heterocycles. The van der Waals surface area contributed by atoms with Gasteiger partial charge in [-0.3, -0.25) is 4.79 Å². The average molecular weight is 301 g/mol. The fourth-order valence-corrected chi connectivity index (χ4v) is 1.70. The van der Waals surface area contributed by atoms with Gasteiger partial charge in [0, 0.05) is 0 Å². The van der Waals surface area contributed by atoms with Crippen molar-refractivity contribution in [3.63, 3.8) is 0 Å². The number of carboxylic acids is 1. The maximum atomic E-state index is 12.0. The SMILES string of the molecule is Cc1c(CC(=O)O)nnn1-c1ccc(OC(F)(F)F)cc1. The van der Waals surface area contributed by atoms with E-state index in [2.05, 4.69) is 15.0 Å². The molecule has 0 fully saturated rings. The Balaban J connectivity index is 2.23. The molecule has 0 amide bonds. The predicted octanol–water partition coefficient (Wildman–Crippen LogP) is 2.10. The molecule has 0 aliphatic rings. The van der Waals surface area contributed by atoms with Crippen molar-refractivity contribution in [1.82, 2.24) is 15.0 Å². The van der Waals surface area contributed by atoms with Crippen molar-refractivity contribution in [2.24, 2.45) is 0 Å². The van der Waals surface area contributed by atoms with Crippen LogP contribution in [0.1, 0.15) is 11.4 Å². The Morgan fingerprint density at radius 2 is 1.95 bits per heavy atom. The first-order chi connectivity index (χ1) is 9.76. The standard InChI is InChI=1S/C12H10F3N3O3/c1-7-10(6-11(19)20)16-17-18(7)8-2-4-9(5-3-8)21-12(13,14)15/h2-5H,6H2,1H3,(H,19,20). The van der Waals surface area contributed by atoms with Gasteiger partial charge < -0.3 is 9.84 Å². The molecule has 1 N–H and O–H groups in total. The first-order valence-corrected chi connectivity index (χ1v) is 5.75. The van der Waals surface area contributed by atoms with Crippen molar-refractivity contribution in [3.8, 4) is 11.4 Å². The lowest BCUT2D eigenvalue weighted by Gasteiger charge is -2.09. The molecule has 0 atom stereocenters. The number of halogens is 3. The zero-order valence-corrected chi connectivity index (χ0v) is 10.8. The summed E-state index contributed by atoms with van der Waals surface area (Å²) in [5, 5.41) is 16.2. The minimum absolute atomic E-state index is 0.277. The number of rotatable bonds is 4. The second-order valence-corrected chi connectivity index (χ2v) is 4.15. The van der Waals surface area contributed by atoms with E-state index < -0.39 is 12.3 Å². The summed E-state index contributed by atoms with van der Waals surface area (Å²) in [6.07, 6.45) is -5.03. The number of ether oxygens (including phenoxy) is 1. The lowest BCUT2D eigenvalue weighted by atomic mass is 10.2. The molecule has 6 nitrogen and oxygen atoms in total. The second kappa shape index (κ2) is 5.43. The number of carbonyl (C=O) groups is 1. The van der Waals surface area contributed by atoms with Crippen LogP contribution in [0.5, 0.6) is 5.75 Å². The third-order valence-electron chi connectivity index (χ3n) is 2.62. The second-order valence-electron chi connectivity index (χ2n) is 4.15. The molecular weight excluding hydrogens is 291 g/mol. The summed E-state index contributed by atoms with van der Waals surface area (Å²) in [6, 6.07) is 5.02. The van der Waals surface area contributed by atoms with Crippen LogP contribution >= 0.6 is 0 Å². The van der Waals surface area contributed by atoms with Crippen LogP contribution < -0.4 is 4.74 Å². The highest BCUT2D eigenvalue weighted by atomic mass is 19.4. The average Bonchev–Trinajstić information content (AvgIpc) is 2.70. The summed E-state index contributed by atoms with van der Waals surface area (Å²) in [4.78, 5) is 10.6. The first kappa shape index (κ1) is 14.8. The van der Waals surface area contributed by atoms with E-state index in [0.29, 0.717) is 11.4 Å². The summed E-state index contributed by atoms with van der Waals surface area (Å²) in [7, 11) is 0. The van der Waals surface area contributed by atoms with Crippen molar-refractivity contribution < 1.29 is 27.8 Å². The number of hydrogen-bond donors (Lipinski definition) is 1. The van der Waals surface area contributed by atoms with Gasteiger partial charge in [0.15, 0.2) is 0 Å². The molecule has 0 saturated heterocycles. The molecule has 0 unspecified atom stereocenters. The molecule has 0 bridgehead atoms. The Labute approximate surface area is 116 Å². The number of carboxylic acid groups (broad SMARTS) is 1. The molecular formula is C12H10F3N3O3. The van der Waals surface area contributed by atoms with Gasteiger partial charge in [0.05, 0.1) is 23.5 Å². The molecule has 2 aromatic rings. The van der Waals surface area contributed by atoms with Gasteiger partial charge in [0.1, 0.15) is 5.75 Å². The van der Waals surface area contributed by atoms with E-state index in [1.54, 1.807) is 6.92 Å². The molecule has 112 valence electrons. The van der Waals surface area contributed by atoms with Gasteiger partial charge >= 0.3 is 12.3 Å². The largest absolute Gasteiger partial charge is 0.573 e. The van der Waals surface area contributed by atoms with E-state index in [0.717, 1.165) is 12.1 Å². The zero-order valence-electron chi connectivity index (χ0n) is 10.8. The minimum Gasteiger partial charge on any atom is -0.481 e. The Morgan fingerprint density at radius 3 is 2.48 bits per heavy atom. The van der Waals surface area contributed by atoms with Crippen LogP contribution in [0.2, 0.25) is 0 Å². The van der Waals surface area contributed by atoms with Crippen LogP contribution in [0.4, 0.5) is 13.2 Å². The monoisotopic (exact) mass is 301 g/mol. The van der Waals surface area contributed by atoms with Crippen LogP contribution in [0, 0.1) is 6.92 Å². The maximum Gasteiger partial charge on any atom is 0.573 e. The summed E-state index contributed by atoms with van der Waals surface area (Å²) >= 11 is 0. The smallest absolute Gasteiger partial charge is 0.481 e. The molecule has 1 aromatic heterocycles. The van der Waals surface area contributed by atoms with Gasteiger partial charge in [-0.1, -0.05) is 5.21 Å². The van der Waals surface area contributed by atoms with Crippen LogP contribution in [0.15, 0.2) is 24.3 Å². The quantitative estimate of drug-likeness (QED) is 0.935. The number of aliphatic carboxylic acids is 1. The van der Waals surface area contributed by atoms with Crippen LogP contribution in [-0.4, -0.2) is 32.4 Å². The number of alkyl halides is 3. The molecule has 9 heteroatoms. The van der Waals surface area contributed by atoms with Gasteiger partial charge in [-0.05, 0) is 31.2 Å². The normalized spacial score (nSPS) is 11.4. The molecule has 0 radical (unpaired) electrons. The third-order valence-corrected chi connectivity index (χ3v) is 2.62. The van der Waals surface area contributed by atoms with Crippen molar-refractivity contribution in [2.75, 3.05) is 0 Å². The number of hydrogen-bond acceptors (Lipinski definition) is 4. The van der Waals surface area contributed by atoms with E-state index in [1.165, 1.54) is 16.8 Å². The lowest BCUT2D eigenvalue weighted by molar-refractivity contribution is -0.274. The maximum absolute atomic E-state index is 12.0. The van der Waals surface area contributed by atoms with Crippen LogP contribution in [0.3, 0.4) is 0 Å². The molecule has 0 spiro atoms. The topological polar surface area (TPSA) is 77.2 Å². The molecule has 2 rings (SSSR count). The van der Waals surface area contributed by atoms with Gasteiger partial charge in [-0.15, -0.1) is 18.3 Å². The Kier molecular flexibility index (Phi) is 3.83. The molecule has 0 saturated carbocycles. The Hall–Kier alpha value is -2.58. The predicted molar refractivity (Wildman–Crippen MR) is 64.1 cm³/mol. The lowest BCUT2D eigenvalue weighted by Crippen LogP contribution is -2.17.